The molecule has 9 N–H and O–H groups in total. The third-order valence-corrected chi connectivity index (χ3v) is 4.72. The summed E-state index contributed by atoms with van der Waals surface area (Å²) in [6, 6.07) is -1.19. The molecule has 0 radical (unpaired) electrons. The van der Waals surface area contributed by atoms with Gasteiger partial charge in [-0.05, 0) is 0 Å². The minimum atomic E-state index is -2.19. The van der Waals surface area contributed by atoms with Crippen LogP contribution < -0.4 is 5.32 Å². The summed E-state index contributed by atoms with van der Waals surface area (Å²) in [5, 5.41) is 81.4. The van der Waals surface area contributed by atoms with Gasteiger partial charge in [-0.2, -0.15) is 0 Å². The van der Waals surface area contributed by atoms with E-state index in [9.17, 15) is 40.9 Å². The molecule has 2 saturated heterocycles. The number of aliphatic hydroxyl groups excluding tert-OH is 7. The van der Waals surface area contributed by atoms with Gasteiger partial charge in [-0.3, -0.25) is 0 Å². The quantitative estimate of drug-likeness (QED) is 0.143. The van der Waals surface area contributed by atoms with E-state index in [1.807, 2.05) is 0 Å². The van der Waals surface area contributed by atoms with Gasteiger partial charge >= 0.3 is 161 Å². The summed E-state index contributed by atoms with van der Waals surface area (Å²) in [5.74, 6) is 0. The molecule has 2 aliphatic rings. The van der Waals surface area contributed by atoms with Crippen molar-refractivity contribution in [3.63, 3.8) is 0 Å². The third-order valence-electron chi connectivity index (χ3n) is 4.72. The molecule has 2 heterocycles. The van der Waals surface area contributed by atoms with Crippen molar-refractivity contribution < 1.29 is 55.1 Å². The van der Waals surface area contributed by atoms with Crippen LogP contribution in [0.25, 0.3) is 0 Å². The van der Waals surface area contributed by atoms with Crippen molar-refractivity contribution in [3.05, 3.63) is 0 Å². The second-order valence-electron chi connectivity index (χ2n) is 6.90. The van der Waals surface area contributed by atoms with E-state index in [1.165, 1.54) is 13.8 Å². The first kappa shape index (κ1) is 23.7. The van der Waals surface area contributed by atoms with Crippen molar-refractivity contribution in [1.29, 1.82) is 0 Å². The van der Waals surface area contributed by atoms with E-state index in [-0.39, 0.29) is 6.32 Å². The summed E-state index contributed by atoms with van der Waals surface area (Å²) >= 11 is 0. The fourth-order valence-corrected chi connectivity index (χ4v) is 3.29. The zero-order valence-corrected chi connectivity index (χ0v) is 15.2. The van der Waals surface area contributed by atoms with Crippen LogP contribution in [0.15, 0.2) is 0 Å². The molecule has 0 bridgehead atoms. The summed E-state index contributed by atoms with van der Waals surface area (Å²) < 4.78 is 16.1. The van der Waals surface area contributed by atoms with Gasteiger partial charge in [0.2, 0.25) is 0 Å². The van der Waals surface area contributed by atoms with Gasteiger partial charge in [0.25, 0.3) is 0 Å². The molecule has 0 saturated carbocycles. The van der Waals surface area contributed by atoms with Crippen molar-refractivity contribution in [3.8, 4) is 0 Å². The molecule has 11 atom stereocenters. The van der Waals surface area contributed by atoms with Crippen LogP contribution in [0.1, 0.15) is 6.92 Å². The molecule has 0 aromatic carbocycles. The van der Waals surface area contributed by atoms with Crippen LogP contribution in [0, 0.1) is 0 Å². The maximum atomic E-state index is 10.4. The first-order valence-corrected chi connectivity index (χ1v) is 8.86. The standard InChI is InChI=1S/C15H28BNO11/c1-4(18)17-6-8(20)7(19)5(3-16-2)26-15(6)28-11-9(21)10(22)14(25)27-12(11)13(23)24/h4-15,17-25H,2-3H2,1H3/t4?,5-,6?,7?,8-,9-,10-,11?,12+,14+,15?/m1/s1. The van der Waals surface area contributed by atoms with Gasteiger partial charge in [-0.1, -0.05) is 0 Å². The van der Waals surface area contributed by atoms with E-state index in [4.69, 9.17) is 14.2 Å². The van der Waals surface area contributed by atoms with Crippen molar-refractivity contribution in [2.24, 2.45) is 0 Å². The van der Waals surface area contributed by atoms with Crippen LogP contribution in [0.3, 0.4) is 0 Å². The predicted octanol–water partition coefficient (Wildman–Crippen LogP) is -5.58. The van der Waals surface area contributed by atoms with Crippen LogP contribution in [0.4, 0.5) is 0 Å². The van der Waals surface area contributed by atoms with E-state index in [0.29, 0.717) is 0 Å². The molecule has 28 heavy (non-hydrogen) atoms. The zero-order chi connectivity index (χ0) is 21.2. The van der Waals surface area contributed by atoms with Crippen LogP contribution in [0.5, 0.6) is 0 Å². The van der Waals surface area contributed by atoms with E-state index in [2.05, 4.69) is 11.8 Å². The second-order valence-corrected chi connectivity index (χ2v) is 6.90. The predicted molar refractivity (Wildman–Crippen MR) is 93.0 cm³/mol. The third kappa shape index (κ3) is 5.13. The number of hydrogen-bond donors (Lipinski definition) is 9. The van der Waals surface area contributed by atoms with Gasteiger partial charge in [0.05, 0.1) is 0 Å². The monoisotopic (exact) mass is 409 g/mol. The molecule has 0 aromatic rings. The van der Waals surface area contributed by atoms with Gasteiger partial charge in [0.1, 0.15) is 0 Å². The molecule has 0 aromatic heterocycles. The Morgan fingerprint density at radius 2 is 1.64 bits per heavy atom. The normalized spacial score (nSPS) is 45.6. The molecule has 2 fully saturated rings. The van der Waals surface area contributed by atoms with Gasteiger partial charge < -0.3 is 0 Å². The summed E-state index contributed by atoms with van der Waals surface area (Å²) in [7, 11) is 0. The van der Waals surface area contributed by atoms with Crippen LogP contribution in [-0.2, 0) is 14.2 Å². The van der Waals surface area contributed by atoms with Gasteiger partial charge in [-0.15, -0.1) is 0 Å². The van der Waals surface area contributed by atoms with E-state index < -0.39 is 73.9 Å². The SMILES string of the molecule is C=BC[C@H]1OC(OC2[C@@H](C(O)O)O[C@H](O)[C@H](O)[C@H]2O)C(NC(C)O)[C@@H](O)C1O. The minimum absolute atomic E-state index is 0.136. The fraction of sp³-hybridized carbons (Fsp3) is 0.933. The Morgan fingerprint density at radius 3 is 2.18 bits per heavy atom. The number of rotatable bonds is 7. The van der Waals surface area contributed by atoms with Crippen molar-refractivity contribution in [1.82, 2.24) is 5.32 Å². The van der Waals surface area contributed by atoms with Gasteiger partial charge in [0, 0.05) is 0 Å². The van der Waals surface area contributed by atoms with E-state index in [1.54, 1.807) is 0 Å². The Kier molecular flexibility index (Phi) is 8.45. The number of nitrogens with one attached hydrogen (secondary N) is 1. The van der Waals surface area contributed by atoms with Crippen molar-refractivity contribution >= 4 is 13.4 Å². The molecule has 5 unspecified atom stereocenters. The zero-order valence-electron chi connectivity index (χ0n) is 15.2. The Hall–Kier alpha value is -0.545. The Labute approximate surface area is 161 Å². The molecule has 0 aliphatic carbocycles. The number of ether oxygens (including phenoxy) is 3. The van der Waals surface area contributed by atoms with E-state index in [0.717, 1.165) is 0 Å². The van der Waals surface area contributed by atoms with Crippen molar-refractivity contribution in [2.75, 3.05) is 0 Å². The summed E-state index contributed by atoms with van der Waals surface area (Å²) in [4.78, 5) is 0. The summed E-state index contributed by atoms with van der Waals surface area (Å²) in [5.41, 5.74) is 0. The fourth-order valence-electron chi connectivity index (χ4n) is 3.29. The number of hydrogen-bond acceptors (Lipinski definition) is 12. The molecule has 13 heteroatoms. The number of aliphatic hydroxyl groups is 8. The summed E-state index contributed by atoms with van der Waals surface area (Å²) in [6.45, 7) is 6.33. The molecule has 2 aliphatic heterocycles. The maximum absolute atomic E-state index is 10.4. The molecular formula is C15H28BNO11. The summed E-state index contributed by atoms with van der Waals surface area (Å²) in [6.07, 6.45) is -17.1. The topological polar surface area (TPSA) is 202 Å². The van der Waals surface area contributed by atoms with Crippen LogP contribution >= 0.6 is 0 Å². The van der Waals surface area contributed by atoms with Gasteiger partial charge in [0.15, 0.2) is 0 Å². The Bertz CT molecular complexity index is 512. The second kappa shape index (κ2) is 9.97. The van der Waals surface area contributed by atoms with Crippen LogP contribution in [-0.4, -0.2) is 128 Å². The van der Waals surface area contributed by atoms with E-state index >= 15 is 0 Å². The first-order valence-electron chi connectivity index (χ1n) is 8.86. The molecule has 2 rings (SSSR count). The Balaban J connectivity index is 2.27. The molecular weight excluding hydrogens is 381 g/mol. The average Bonchev–Trinajstić information content (AvgIpc) is 2.62. The van der Waals surface area contributed by atoms with Crippen LogP contribution in [0.2, 0.25) is 6.32 Å². The molecule has 0 spiro atoms. The van der Waals surface area contributed by atoms with Crippen molar-refractivity contribution in [2.45, 2.75) is 87.1 Å². The molecule has 162 valence electrons. The van der Waals surface area contributed by atoms with Gasteiger partial charge in [-0.25, -0.2) is 0 Å². The molecule has 0 amide bonds. The average molecular weight is 409 g/mol. The Morgan fingerprint density at radius 1 is 1.00 bits per heavy atom. The first-order chi connectivity index (χ1) is 13.1. The molecule has 12 nitrogen and oxygen atoms in total.